The first-order chi connectivity index (χ1) is 6.31. The summed E-state index contributed by atoms with van der Waals surface area (Å²) in [4.78, 5) is 7.61. The molecule has 0 bridgehead atoms. The molecule has 3 heteroatoms. The summed E-state index contributed by atoms with van der Waals surface area (Å²) in [5, 5.41) is 0. The van der Waals surface area contributed by atoms with Gasteiger partial charge in [0.15, 0.2) is 0 Å². The molecule has 0 saturated heterocycles. The maximum atomic E-state index is 5.86. The fourth-order valence-electron chi connectivity index (χ4n) is 1.34. The molecule has 0 aliphatic carbocycles. The average Bonchev–Trinajstić information content (AvgIpc) is 2.59. The van der Waals surface area contributed by atoms with E-state index >= 15 is 0 Å². The normalized spacial score (nSPS) is 13.4. The van der Waals surface area contributed by atoms with Gasteiger partial charge in [0.25, 0.3) is 0 Å². The van der Waals surface area contributed by atoms with Gasteiger partial charge in [-0.25, -0.2) is 4.98 Å². The number of nitrogens with two attached hydrogens (primary N) is 1. The Labute approximate surface area is 77.0 Å². The van der Waals surface area contributed by atoms with E-state index in [1.165, 1.54) is 0 Å². The SMILES string of the molecule is CCC(N)c1nc2ccccc2[nH]1. The minimum absolute atomic E-state index is 0.0207. The number of imidazole rings is 1. The van der Waals surface area contributed by atoms with E-state index in [2.05, 4.69) is 16.9 Å². The Kier molecular flexibility index (Phi) is 2.02. The Morgan fingerprint density at radius 3 is 2.92 bits per heavy atom. The lowest BCUT2D eigenvalue weighted by Gasteiger charge is -2.02. The van der Waals surface area contributed by atoms with Gasteiger partial charge in [-0.05, 0) is 18.6 Å². The number of nitrogens with one attached hydrogen (secondary N) is 1. The molecule has 0 aliphatic heterocycles. The van der Waals surface area contributed by atoms with Crippen LogP contribution in [0.5, 0.6) is 0 Å². The molecule has 0 fully saturated rings. The van der Waals surface area contributed by atoms with Crippen LogP contribution in [-0.2, 0) is 0 Å². The molecule has 1 heterocycles. The first kappa shape index (κ1) is 8.26. The summed E-state index contributed by atoms with van der Waals surface area (Å²) < 4.78 is 0. The van der Waals surface area contributed by atoms with Gasteiger partial charge in [0.05, 0.1) is 17.1 Å². The highest BCUT2D eigenvalue weighted by Gasteiger charge is 2.07. The number of para-hydroxylation sites is 2. The van der Waals surface area contributed by atoms with Gasteiger partial charge in [-0.2, -0.15) is 0 Å². The van der Waals surface area contributed by atoms with Gasteiger partial charge < -0.3 is 10.7 Å². The molecule has 2 rings (SSSR count). The molecule has 2 aromatic rings. The van der Waals surface area contributed by atoms with E-state index in [-0.39, 0.29) is 6.04 Å². The zero-order valence-electron chi connectivity index (χ0n) is 7.62. The minimum Gasteiger partial charge on any atom is -0.341 e. The van der Waals surface area contributed by atoms with Gasteiger partial charge in [0, 0.05) is 0 Å². The monoisotopic (exact) mass is 175 g/mol. The number of benzene rings is 1. The molecular formula is C10H13N3. The van der Waals surface area contributed by atoms with E-state index in [0.717, 1.165) is 23.3 Å². The topological polar surface area (TPSA) is 54.7 Å². The highest BCUT2D eigenvalue weighted by molar-refractivity contribution is 5.74. The van der Waals surface area contributed by atoms with Crippen molar-refractivity contribution >= 4 is 11.0 Å². The van der Waals surface area contributed by atoms with Crippen LogP contribution in [0.4, 0.5) is 0 Å². The maximum Gasteiger partial charge on any atom is 0.124 e. The number of fused-ring (bicyclic) bond motifs is 1. The summed E-state index contributed by atoms with van der Waals surface area (Å²) in [6.07, 6.45) is 0.903. The number of nitrogens with zero attached hydrogens (tertiary/aromatic N) is 1. The molecule has 0 spiro atoms. The fraction of sp³-hybridized carbons (Fsp3) is 0.300. The number of aromatic amines is 1. The van der Waals surface area contributed by atoms with Gasteiger partial charge in [-0.3, -0.25) is 0 Å². The van der Waals surface area contributed by atoms with Crippen LogP contribution in [0.1, 0.15) is 25.2 Å². The summed E-state index contributed by atoms with van der Waals surface area (Å²) in [5.41, 5.74) is 7.91. The van der Waals surface area contributed by atoms with Crippen LogP contribution in [0.3, 0.4) is 0 Å². The van der Waals surface area contributed by atoms with Gasteiger partial charge >= 0.3 is 0 Å². The summed E-state index contributed by atoms with van der Waals surface area (Å²) in [5.74, 6) is 0.878. The summed E-state index contributed by atoms with van der Waals surface area (Å²) in [6.45, 7) is 2.05. The standard InChI is InChI=1S/C10H13N3/c1-2-7(11)10-12-8-5-3-4-6-9(8)13-10/h3-7H,2,11H2,1H3,(H,12,13). The molecule has 0 aliphatic rings. The van der Waals surface area contributed by atoms with E-state index in [0.29, 0.717) is 0 Å². The highest BCUT2D eigenvalue weighted by atomic mass is 15.0. The van der Waals surface area contributed by atoms with E-state index in [4.69, 9.17) is 5.73 Å². The van der Waals surface area contributed by atoms with Crippen LogP contribution in [-0.4, -0.2) is 9.97 Å². The summed E-state index contributed by atoms with van der Waals surface area (Å²) in [6, 6.07) is 7.98. The predicted octanol–water partition coefficient (Wildman–Crippen LogP) is 1.97. The van der Waals surface area contributed by atoms with Crippen LogP contribution in [0.25, 0.3) is 11.0 Å². The molecule has 1 aromatic heterocycles. The van der Waals surface area contributed by atoms with Gasteiger partial charge in [0.1, 0.15) is 5.82 Å². The highest BCUT2D eigenvalue weighted by Crippen LogP contribution is 2.15. The molecule has 68 valence electrons. The lowest BCUT2D eigenvalue weighted by Crippen LogP contribution is -2.10. The van der Waals surface area contributed by atoms with Gasteiger partial charge in [-0.15, -0.1) is 0 Å². The lowest BCUT2D eigenvalue weighted by atomic mass is 10.2. The molecule has 0 saturated carbocycles. The molecule has 13 heavy (non-hydrogen) atoms. The van der Waals surface area contributed by atoms with Crippen LogP contribution >= 0.6 is 0 Å². The number of aromatic nitrogens is 2. The summed E-state index contributed by atoms with van der Waals surface area (Å²) in [7, 11) is 0. The molecule has 3 N–H and O–H groups in total. The number of hydrogen-bond acceptors (Lipinski definition) is 2. The van der Waals surface area contributed by atoms with Crippen LogP contribution in [0, 0.1) is 0 Å². The number of H-pyrrole nitrogens is 1. The third kappa shape index (κ3) is 1.42. The van der Waals surface area contributed by atoms with Crippen molar-refractivity contribution < 1.29 is 0 Å². The Morgan fingerprint density at radius 2 is 2.23 bits per heavy atom. The molecule has 1 aromatic carbocycles. The van der Waals surface area contributed by atoms with Crippen LogP contribution in [0.2, 0.25) is 0 Å². The molecular weight excluding hydrogens is 162 g/mol. The third-order valence-corrected chi connectivity index (χ3v) is 2.20. The Bertz CT molecular complexity index is 372. The average molecular weight is 175 g/mol. The second-order valence-electron chi connectivity index (χ2n) is 3.15. The third-order valence-electron chi connectivity index (χ3n) is 2.20. The van der Waals surface area contributed by atoms with E-state index in [1.54, 1.807) is 0 Å². The molecule has 0 radical (unpaired) electrons. The van der Waals surface area contributed by atoms with Crippen molar-refractivity contribution in [2.45, 2.75) is 19.4 Å². The number of hydrogen-bond donors (Lipinski definition) is 2. The van der Waals surface area contributed by atoms with Crippen molar-refractivity contribution in [2.24, 2.45) is 5.73 Å². The predicted molar refractivity (Wildman–Crippen MR) is 53.3 cm³/mol. The van der Waals surface area contributed by atoms with E-state index < -0.39 is 0 Å². The van der Waals surface area contributed by atoms with Gasteiger partial charge in [0.2, 0.25) is 0 Å². The maximum absolute atomic E-state index is 5.86. The molecule has 0 amide bonds. The van der Waals surface area contributed by atoms with Crippen molar-refractivity contribution in [2.75, 3.05) is 0 Å². The smallest absolute Gasteiger partial charge is 0.124 e. The van der Waals surface area contributed by atoms with Crippen molar-refractivity contribution in [1.82, 2.24) is 9.97 Å². The Morgan fingerprint density at radius 1 is 1.46 bits per heavy atom. The second-order valence-corrected chi connectivity index (χ2v) is 3.15. The fourth-order valence-corrected chi connectivity index (χ4v) is 1.34. The molecule has 3 nitrogen and oxygen atoms in total. The summed E-state index contributed by atoms with van der Waals surface area (Å²) >= 11 is 0. The largest absolute Gasteiger partial charge is 0.341 e. The van der Waals surface area contributed by atoms with E-state index in [1.807, 2.05) is 24.3 Å². The quantitative estimate of drug-likeness (QED) is 0.733. The Hall–Kier alpha value is -1.35. The van der Waals surface area contributed by atoms with Crippen molar-refractivity contribution in [3.05, 3.63) is 30.1 Å². The van der Waals surface area contributed by atoms with E-state index in [9.17, 15) is 0 Å². The van der Waals surface area contributed by atoms with Crippen LogP contribution in [0.15, 0.2) is 24.3 Å². The zero-order valence-corrected chi connectivity index (χ0v) is 7.62. The van der Waals surface area contributed by atoms with Gasteiger partial charge in [-0.1, -0.05) is 19.1 Å². The first-order valence-corrected chi connectivity index (χ1v) is 4.51. The van der Waals surface area contributed by atoms with Crippen molar-refractivity contribution in [1.29, 1.82) is 0 Å². The Balaban J connectivity index is 2.49. The molecule has 1 atom stereocenters. The van der Waals surface area contributed by atoms with Crippen LogP contribution < -0.4 is 5.73 Å². The van der Waals surface area contributed by atoms with Crippen molar-refractivity contribution in [3.63, 3.8) is 0 Å². The van der Waals surface area contributed by atoms with Crippen molar-refractivity contribution in [3.8, 4) is 0 Å². The second kappa shape index (κ2) is 3.18. The zero-order chi connectivity index (χ0) is 9.26. The lowest BCUT2D eigenvalue weighted by molar-refractivity contribution is 0.660. The minimum atomic E-state index is 0.0207. The molecule has 1 unspecified atom stereocenters. The number of rotatable bonds is 2. The first-order valence-electron chi connectivity index (χ1n) is 4.51.